The number of benzene rings is 2. The third-order valence-corrected chi connectivity index (χ3v) is 6.05. The second-order valence-corrected chi connectivity index (χ2v) is 8.22. The van der Waals surface area contributed by atoms with Crippen molar-refractivity contribution >= 4 is 23.0 Å². The van der Waals surface area contributed by atoms with Gasteiger partial charge in [0, 0.05) is 31.2 Å². The first-order valence-corrected chi connectivity index (χ1v) is 10.7. The van der Waals surface area contributed by atoms with Crippen LogP contribution in [0.4, 0.5) is 11.4 Å². The highest BCUT2D eigenvalue weighted by atomic mass is 35.5. The number of hydrogen-bond acceptors (Lipinski definition) is 3. The van der Waals surface area contributed by atoms with Crippen molar-refractivity contribution in [2.24, 2.45) is 0 Å². The van der Waals surface area contributed by atoms with Gasteiger partial charge < -0.3 is 14.7 Å². The lowest BCUT2D eigenvalue weighted by atomic mass is 10.1. The minimum Gasteiger partial charge on any atom is -0.368 e. The third kappa shape index (κ3) is 4.77. The molecule has 2 aliphatic rings. The molecule has 0 aromatic heterocycles. The van der Waals surface area contributed by atoms with E-state index in [0.29, 0.717) is 0 Å². The second-order valence-electron chi connectivity index (χ2n) is 7.78. The minimum atomic E-state index is 0.817. The number of fused-ring (bicyclic) bond motifs is 1. The van der Waals surface area contributed by atoms with E-state index < -0.39 is 0 Å². The normalized spacial score (nSPS) is 17.8. The van der Waals surface area contributed by atoms with Crippen LogP contribution in [0.2, 0.25) is 5.02 Å². The molecule has 4 rings (SSSR count). The number of rotatable bonds is 6. The molecule has 2 aromatic carbocycles. The minimum absolute atomic E-state index is 0.817. The van der Waals surface area contributed by atoms with E-state index in [2.05, 4.69) is 51.1 Å². The smallest absolute Gasteiger partial charge is 0.0607 e. The molecule has 144 valence electrons. The fourth-order valence-corrected chi connectivity index (χ4v) is 4.61. The highest BCUT2D eigenvalue weighted by molar-refractivity contribution is 6.30. The van der Waals surface area contributed by atoms with Crippen LogP contribution in [0.1, 0.15) is 31.2 Å². The summed E-state index contributed by atoms with van der Waals surface area (Å²) in [6, 6.07) is 17.1. The molecule has 2 aromatic rings. The van der Waals surface area contributed by atoms with Crippen LogP contribution in [-0.2, 0) is 6.54 Å². The van der Waals surface area contributed by atoms with Gasteiger partial charge in [-0.25, -0.2) is 0 Å². The molecule has 1 saturated heterocycles. The summed E-state index contributed by atoms with van der Waals surface area (Å²) in [6.07, 6.45) is 5.43. The zero-order valence-corrected chi connectivity index (χ0v) is 16.9. The van der Waals surface area contributed by atoms with Gasteiger partial charge in [0.15, 0.2) is 0 Å². The molecule has 0 amide bonds. The lowest BCUT2D eigenvalue weighted by Crippen LogP contribution is -2.42. The van der Waals surface area contributed by atoms with Crippen LogP contribution in [0, 0.1) is 0 Å². The molecule has 0 unspecified atom stereocenters. The Morgan fingerprint density at radius 1 is 0.741 bits per heavy atom. The molecule has 2 aliphatic heterocycles. The number of likely N-dealkylation sites (tertiary alicyclic amines) is 1. The summed E-state index contributed by atoms with van der Waals surface area (Å²) >= 11 is 6.18. The first-order valence-electron chi connectivity index (χ1n) is 10.4. The molecule has 0 bridgehead atoms. The standard InChI is InChI=1S/C23H30ClN3/c24-21-9-6-8-20(18-21)19-27-17-16-26(22-10-2-3-11-23(22)27)15-7-14-25-12-4-1-5-13-25/h2-3,6,8-11,18H,1,4-5,7,12-17,19H2. The van der Waals surface area contributed by atoms with E-state index >= 15 is 0 Å². The van der Waals surface area contributed by atoms with Crippen molar-refractivity contribution in [1.29, 1.82) is 0 Å². The van der Waals surface area contributed by atoms with E-state index in [1.807, 2.05) is 12.1 Å². The van der Waals surface area contributed by atoms with Gasteiger partial charge in [-0.3, -0.25) is 0 Å². The SMILES string of the molecule is Clc1cccc(CN2CCN(CCCN3CCCCC3)c3ccccc32)c1. The van der Waals surface area contributed by atoms with Crippen molar-refractivity contribution in [3.63, 3.8) is 0 Å². The van der Waals surface area contributed by atoms with Gasteiger partial charge >= 0.3 is 0 Å². The Hall–Kier alpha value is -1.71. The molecule has 27 heavy (non-hydrogen) atoms. The molecule has 1 fully saturated rings. The van der Waals surface area contributed by atoms with Gasteiger partial charge in [0.1, 0.15) is 0 Å². The summed E-state index contributed by atoms with van der Waals surface area (Å²) in [6.45, 7) is 8.06. The number of nitrogens with zero attached hydrogens (tertiary/aromatic N) is 3. The van der Waals surface area contributed by atoms with Gasteiger partial charge in [-0.1, -0.05) is 42.3 Å². The van der Waals surface area contributed by atoms with Crippen LogP contribution in [0.15, 0.2) is 48.5 Å². The Labute approximate surface area is 168 Å². The Balaban J connectivity index is 1.40. The molecule has 4 heteroatoms. The summed E-state index contributed by atoms with van der Waals surface area (Å²) in [4.78, 5) is 7.71. The quantitative estimate of drug-likeness (QED) is 0.691. The fraction of sp³-hybridized carbons (Fsp3) is 0.478. The largest absolute Gasteiger partial charge is 0.368 e. The highest BCUT2D eigenvalue weighted by Crippen LogP contribution is 2.34. The summed E-state index contributed by atoms with van der Waals surface area (Å²) in [7, 11) is 0. The summed E-state index contributed by atoms with van der Waals surface area (Å²) in [5, 5.41) is 0.817. The summed E-state index contributed by atoms with van der Waals surface area (Å²) < 4.78 is 0. The van der Waals surface area contributed by atoms with Crippen molar-refractivity contribution in [2.75, 3.05) is 49.1 Å². The topological polar surface area (TPSA) is 9.72 Å². The molecule has 0 radical (unpaired) electrons. The van der Waals surface area contributed by atoms with Gasteiger partial charge in [0.05, 0.1) is 11.4 Å². The Kier molecular flexibility index (Phi) is 6.21. The van der Waals surface area contributed by atoms with E-state index in [4.69, 9.17) is 11.6 Å². The average molecular weight is 384 g/mol. The van der Waals surface area contributed by atoms with Crippen LogP contribution >= 0.6 is 11.6 Å². The predicted molar refractivity (Wildman–Crippen MR) is 116 cm³/mol. The van der Waals surface area contributed by atoms with Gasteiger partial charge in [0.2, 0.25) is 0 Å². The summed E-state index contributed by atoms with van der Waals surface area (Å²) in [5.41, 5.74) is 4.00. The molecule has 0 atom stereocenters. The maximum Gasteiger partial charge on any atom is 0.0607 e. The molecule has 0 N–H and O–H groups in total. The zero-order valence-electron chi connectivity index (χ0n) is 16.1. The Morgan fingerprint density at radius 3 is 2.26 bits per heavy atom. The molecule has 2 heterocycles. The molecule has 0 spiro atoms. The monoisotopic (exact) mass is 383 g/mol. The average Bonchev–Trinajstić information content (AvgIpc) is 2.70. The maximum atomic E-state index is 6.18. The fourth-order valence-electron chi connectivity index (χ4n) is 4.40. The zero-order chi connectivity index (χ0) is 18.5. The molecular formula is C23H30ClN3. The van der Waals surface area contributed by atoms with E-state index in [1.54, 1.807) is 0 Å². The van der Waals surface area contributed by atoms with Gasteiger partial charge in [-0.15, -0.1) is 0 Å². The lowest BCUT2D eigenvalue weighted by Gasteiger charge is -2.39. The van der Waals surface area contributed by atoms with E-state index in [0.717, 1.165) is 31.2 Å². The Bertz CT molecular complexity index is 742. The van der Waals surface area contributed by atoms with Crippen molar-refractivity contribution in [3.05, 3.63) is 59.1 Å². The maximum absolute atomic E-state index is 6.18. The van der Waals surface area contributed by atoms with Crippen LogP contribution < -0.4 is 9.80 Å². The highest BCUT2D eigenvalue weighted by Gasteiger charge is 2.22. The number of piperidine rings is 1. The van der Waals surface area contributed by atoms with E-state index in [9.17, 15) is 0 Å². The summed E-state index contributed by atoms with van der Waals surface area (Å²) in [5.74, 6) is 0. The van der Waals surface area contributed by atoms with Crippen LogP contribution in [0.5, 0.6) is 0 Å². The van der Waals surface area contributed by atoms with Crippen LogP contribution in [-0.4, -0.2) is 44.2 Å². The van der Waals surface area contributed by atoms with Crippen molar-refractivity contribution in [2.45, 2.75) is 32.2 Å². The third-order valence-electron chi connectivity index (χ3n) is 5.82. The lowest BCUT2D eigenvalue weighted by molar-refractivity contribution is 0.227. The van der Waals surface area contributed by atoms with E-state index in [1.165, 1.54) is 62.3 Å². The number of halogens is 1. The van der Waals surface area contributed by atoms with Crippen LogP contribution in [0.25, 0.3) is 0 Å². The first-order chi connectivity index (χ1) is 13.3. The molecule has 0 aliphatic carbocycles. The van der Waals surface area contributed by atoms with Crippen molar-refractivity contribution in [1.82, 2.24) is 4.90 Å². The molecular weight excluding hydrogens is 354 g/mol. The Morgan fingerprint density at radius 2 is 1.48 bits per heavy atom. The second kappa shape index (κ2) is 8.99. The van der Waals surface area contributed by atoms with E-state index in [-0.39, 0.29) is 0 Å². The van der Waals surface area contributed by atoms with Crippen molar-refractivity contribution < 1.29 is 0 Å². The number of anilines is 2. The molecule has 3 nitrogen and oxygen atoms in total. The number of para-hydroxylation sites is 2. The first kappa shape index (κ1) is 18.6. The number of hydrogen-bond donors (Lipinski definition) is 0. The predicted octanol–water partition coefficient (Wildman–Crippen LogP) is 5.04. The van der Waals surface area contributed by atoms with Gasteiger partial charge in [-0.2, -0.15) is 0 Å². The van der Waals surface area contributed by atoms with Gasteiger partial charge in [0.25, 0.3) is 0 Å². The van der Waals surface area contributed by atoms with Gasteiger partial charge in [-0.05, 0) is 68.7 Å². The van der Waals surface area contributed by atoms with Crippen LogP contribution in [0.3, 0.4) is 0 Å². The van der Waals surface area contributed by atoms with Crippen molar-refractivity contribution in [3.8, 4) is 0 Å². The molecule has 0 saturated carbocycles.